The van der Waals surface area contributed by atoms with Gasteiger partial charge in [0.1, 0.15) is 18.3 Å². The molecule has 1 atom stereocenters. The van der Waals surface area contributed by atoms with Gasteiger partial charge in [0.05, 0.1) is 37.8 Å². The number of para-hydroxylation sites is 1. The molecule has 50 heavy (non-hydrogen) atoms. The zero-order chi connectivity index (χ0) is 35.3. The molecule has 3 heterocycles. The van der Waals surface area contributed by atoms with Crippen molar-refractivity contribution in [1.82, 2.24) is 15.4 Å². The molecule has 3 aromatic rings. The molecule has 2 aromatic heterocycles. The van der Waals surface area contributed by atoms with Crippen molar-refractivity contribution in [2.75, 3.05) is 63.4 Å². The highest BCUT2D eigenvalue weighted by molar-refractivity contribution is 5.77. The number of rotatable bonds is 18. The van der Waals surface area contributed by atoms with Crippen LogP contribution in [0.3, 0.4) is 0 Å². The summed E-state index contributed by atoms with van der Waals surface area (Å²) in [4.78, 5) is 14.6. The van der Waals surface area contributed by atoms with Gasteiger partial charge >= 0.3 is 5.97 Å². The van der Waals surface area contributed by atoms with Crippen LogP contribution in [0.1, 0.15) is 90.2 Å². The Morgan fingerprint density at radius 3 is 2.44 bits per heavy atom. The summed E-state index contributed by atoms with van der Waals surface area (Å²) in [6.45, 7) is 10.5. The van der Waals surface area contributed by atoms with Gasteiger partial charge in [-0.2, -0.15) is 0 Å². The van der Waals surface area contributed by atoms with Crippen LogP contribution in [0.2, 0.25) is 0 Å². The number of aromatic nitrogens is 3. The average molecular weight is 694 g/mol. The molecule has 1 saturated carbocycles. The van der Waals surface area contributed by atoms with E-state index >= 15 is 0 Å². The lowest BCUT2D eigenvalue weighted by Gasteiger charge is -2.46. The minimum Gasteiger partial charge on any atom is -0.507 e. The number of benzene rings is 1. The lowest BCUT2D eigenvalue weighted by molar-refractivity contribution is -0.146. The predicted molar refractivity (Wildman–Crippen MR) is 191 cm³/mol. The maximum atomic E-state index is 12.3. The second-order valence-electron chi connectivity index (χ2n) is 14.1. The third-order valence-corrected chi connectivity index (χ3v) is 10.3. The van der Waals surface area contributed by atoms with Crippen molar-refractivity contribution in [1.29, 1.82) is 0 Å². The van der Waals surface area contributed by atoms with Gasteiger partial charge in [0.2, 0.25) is 0 Å². The fourth-order valence-corrected chi connectivity index (χ4v) is 7.37. The first-order valence-electron chi connectivity index (χ1n) is 18.4. The number of phenolic OH excluding ortho intramolecular Hbond substituents is 1. The zero-order valence-electron chi connectivity index (χ0n) is 30.0. The molecular weight excluding hydrogens is 638 g/mol. The summed E-state index contributed by atoms with van der Waals surface area (Å²) in [6.07, 6.45) is 11.1. The topological polar surface area (TPSA) is 155 Å². The van der Waals surface area contributed by atoms with Crippen LogP contribution < -0.4 is 15.4 Å². The highest BCUT2D eigenvalue weighted by Crippen LogP contribution is 2.48. The number of nitrogens with zero attached hydrogens (tertiary/aromatic N) is 4. The molecule has 12 nitrogen and oxygen atoms in total. The number of hydrogen-bond acceptors (Lipinski definition) is 12. The number of nitrogens with two attached hydrogens (primary N) is 1. The molecule has 274 valence electrons. The molecular formula is C38H55N5O7. The third-order valence-electron chi connectivity index (χ3n) is 10.3. The van der Waals surface area contributed by atoms with Gasteiger partial charge in [-0.3, -0.25) is 4.79 Å². The van der Waals surface area contributed by atoms with Crippen molar-refractivity contribution in [2.24, 2.45) is 17.3 Å². The number of nitrogen functional groups attached to an aromatic ring is 1. The number of piperidine rings is 1. The predicted octanol–water partition coefficient (Wildman–Crippen LogP) is 6.78. The average Bonchev–Trinajstić information content (AvgIpc) is 3.57. The van der Waals surface area contributed by atoms with E-state index in [4.69, 9.17) is 29.2 Å². The minimum absolute atomic E-state index is 0.0144. The van der Waals surface area contributed by atoms with E-state index in [1.165, 1.54) is 51.4 Å². The first-order chi connectivity index (χ1) is 24.3. The van der Waals surface area contributed by atoms with Crippen LogP contribution in [0.25, 0.3) is 11.3 Å². The molecule has 1 aliphatic carbocycles. The second kappa shape index (κ2) is 18.4. The molecule has 1 aromatic carbocycles. The van der Waals surface area contributed by atoms with Crippen LogP contribution in [-0.4, -0.2) is 79.2 Å². The summed E-state index contributed by atoms with van der Waals surface area (Å²) in [6, 6.07) is 10.8. The molecule has 0 bridgehead atoms. The maximum absolute atomic E-state index is 12.3. The van der Waals surface area contributed by atoms with Crippen molar-refractivity contribution < 1.29 is 33.4 Å². The summed E-state index contributed by atoms with van der Waals surface area (Å²) in [7, 11) is 0. The number of ether oxygens (including phenoxy) is 4. The van der Waals surface area contributed by atoms with Crippen molar-refractivity contribution in [3.63, 3.8) is 0 Å². The van der Waals surface area contributed by atoms with E-state index in [1.54, 1.807) is 25.1 Å². The number of carbonyl (C=O) groups excluding carboxylic acids is 1. The van der Waals surface area contributed by atoms with Gasteiger partial charge in [0, 0.05) is 31.3 Å². The van der Waals surface area contributed by atoms with E-state index in [9.17, 15) is 9.90 Å². The number of esters is 1. The van der Waals surface area contributed by atoms with Crippen molar-refractivity contribution in [3.05, 3.63) is 42.2 Å². The Morgan fingerprint density at radius 1 is 1.00 bits per heavy atom. The number of hydrogen-bond donors (Lipinski definition) is 2. The molecule has 0 amide bonds. The van der Waals surface area contributed by atoms with Crippen LogP contribution in [0.4, 0.5) is 11.5 Å². The summed E-state index contributed by atoms with van der Waals surface area (Å²) in [5.41, 5.74) is 8.93. The van der Waals surface area contributed by atoms with E-state index in [2.05, 4.69) is 20.3 Å². The summed E-state index contributed by atoms with van der Waals surface area (Å²) >= 11 is 0. The van der Waals surface area contributed by atoms with Crippen LogP contribution in [-0.2, 0) is 19.0 Å². The van der Waals surface area contributed by atoms with Gasteiger partial charge in [-0.25, -0.2) is 0 Å². The van der Waals surface area contributed by atoms with Gasteiger partial charge in [-0.05, 0) is 92.5 Å². The summed E-state index contributed by atoms with van der Waals surface area (Å²) < 4.78 is 27.6. The SMILES string of the molecule is CCOC(=O)C(c1cc(OCCOCCOCCCCC2CCC3(CC2)CCN(c2cc(-c4ccccc4O)nnc2N)CC3)no1)C(C)C. The van der Waals surface area contributed by atoms with Gasteiger partial charge in [-0.15, -0.1) is 10.2 Å². The number of aromatic hydroxyl groups is 1. The Balaban J connectivity index is 0.895. The molecule has 1 aliphatic heterocycles. The Kier molecular flexibility index (Phi) is 13.7. The summed E-state index contributed by atoms with van der Waals surface area (Å²) in [5.74, 6) is 1.41. The Labute approximate surface area is 296 Å². The first kappa shape index (κ1) is 37.4. The third kappa shape index (κ3) is 10.1. The molecule has 1 saturated heterocycles. The van der Waals surface area contributed by atoms with E-state index in [-0.39, 0.29) is 17.6 Å². The van der Waals surface area contributed by atoms with E-state index in [1.807, 2.05) is 32.0 Å². The van der Waals surface area contributed by atoms with Crippen LogP contribution in [0, 0.1) is 17.3 Å². The highest BCUT2D eigenvalue weighted by atomic mass is 16.6. The van der Waals surface area contributed by atoms with Crippen LogP contribution in [0.5, 0.6) is 11.6 Å². The second-order valence-corrected chi connectivity index (χ2v) is 14.1. The Morgan fingerprint density at radius 2 is 1.72 bits per heavy atom. The number of carbonyl (C=O) groups is 1. The highest BCUT2D eigenvalue weighted by Gasteiger charge is 2.38. The van der Waals surface area contributed by atoms with Gasteiger partial charge < -0.3 is 39.2 Å². The standard InChI is InChI=1S/C38H55N5O7/c1-4-48-37(45)35(27(2)3)33-26-34(42-50-33)49-24-23-47-22-21-46-20-8-7-9-28-12-14-38(15-13-28)16-18-43(19-17-38)31-25-30(40-41-36(31)39)29-10-5-6-11-32(29)44/h5-6,10-11,25-28,35,44H,4,7-9,12-24H2,1-3H3,(H2,39,41). The van der Waals surface area contributed by atoms with Crippen molar-refractivity contribution >= 4 is 17.5 Å². The maximum Gasteiger partial charge on any atom is 0.317 e. The molecule has 2 aliphatic rings. The van der Waals surface area contributed by atoms with Gasteiger partial charge in [-0.1, -0.05) is 38.8 Å². The fraction of sp³-hybridized carbons (Fsp3) is 0.632. The van der Waals surface area contributed by atoms with E-state index < -0.39 is 5.92 Å². The first-order valence-corrected chi connectivity index (χ1v) is 18.4. The van der Waals surface area contributed by atoms with Gasteiger partial charge in [0.25, 0.3) is 5.88 Å². The van der Waals surface area contributed by atoms with E-state index in [0.717, 1.165) is 37.7 Å². The van der Waals surface area contributed by atoms with Gasteiger partial charge in [0.15, 0.2) is 11.6 Å². The Hall–Kier alpha value is -3.90. The van der Waals surface area contributed by atoms with Crippen molar-refractivity contribution in [3.8, 4) is 22.9 Å². The molecule has 2 fully saturated rings. The number of phenols is 1. The van der Waals surface area contributed by atoms with Crippen LogP contribution in [0.15, 0.2) is 40.9 Å². The van der Waals surface area contributed by atoms with Crippen molar-refractivity contribution in [2.45, 2.75) is 84.5 Å². The lowest BCUT2D eigenvalue weighted by Crippen LogP contribution is -2.42. The fourth-order valence-electron chi connectivity index (χ4n) is 7.37. The summed E-state index contributed by atoms with van der Waals surface area (Å²) in [5, 5.41) is 22.7. The molecule has 5 rings (SSSR count). The number of anilines is 2. The quantitative estimate of drug-likeness (QED) is 0.107. The molecule has 0 radical (unpaired) electrons. The van der Waals surface area contributed by atoms with E-state index in [0.29, 0.717) is 67.2 Å². The zero-order valence-corrected chi connectivity index (χ0v) is 30.0. The smallest absolute Gasteiger partial charge is 0.317 e. The molecule has 12 heteroatoms. The number of unbranched alkanes of at least 4 members (excludes halogenated alkanes) is 1. The minimum atomic E-state index is -0.510. The van der Waals surface area contributed by atoms with Crippen LogP contribution >= 0.6 is 0 Å². The largest absolute Gasteiger partial charge is 0.507 e. The monoisotopic (exact) mass is 693 g/mol. The molecule has 1 unspecified atom stereocenters. The molecule has 1 spiro atoms. The normalized spacial score (nSPS) is 16.9. The Bertz CT molecular complexity index is 1480. The lowest BCUT2D eigenvalue weighted by atomic mass is 9.65. The molecule has 3 N–H and O–H groups in total.